The van der Waals surface area contributed by atoms with Gasteiger partial charge in [-0.15, -0.1) is 0 Å². The van der Waals surface area contributed by atoms with E-state index in [0.29, 0.717) is 17.3 Å². The highest BCUT2D eigenvalue weighted by molar-refractivity contribution is 7.90. The average Bonchev–Trinajstić information content (AvgIpc) is 3.57. The summed E-state index contributed by atoms with van der Waals surface area (Å²) in [5.41, 5.74) is 4.84. The summed E-state index contributed by atoms with van der Waals surface area (Å²) in [7, 11) is -3.61. The molecule has 4 fully saturated rings. The number of imidazole rings is 1. The Kier molecular flexibility index (Phi) is 5.94. The van der Waals surface area contributed by atoms with Crippen LogP contribution < -0.4 is 0 Å². The van der Waals surface area contributed by atoms with Crippen molar-refractivity contribution in [2.24, 2.45) is 0 Å². The normalized spacial score (nSPS) is 27.4. The maximum atomic E-state index is 14.5. The van der Waals surface area contributed by atoms with Crippen molar-refractivity contribution in [3.8, 4) is 11.4 Å². The first-order valence-electron chi connectivity index (χ1n) is 14.3. The minimum absolute atomic E-state index is 0.289. The summed E-state index contributed by atoms with van der Waals surface area (Å²) in [6.07, 6.45) is 11.8. The molecule has 6 nitrogen and oxygen atoms in total. The van der Waals surface area contributed by atoms with Gasteiger partial charge in [-0.25, -0.2) is 17.8 Å². The molecule has 4 heterocycles. The molecule has 2 bridgehead atoms. The molecular weight excluding hydrogens is 499 g/mol. The van der Waals surface area contributed by atoms with Gasteiger partial charge in [-0.2, -0.15) is 0 Å². The zero-order chi connectivity index (χ0) is 26.2. The van der Waals surface area contributed by atoms with Crippen LogP contribution in [0.25, 0.3) is 22.4 Å². The summed E-state index contributed by atoms with van der Waals surface area (Å²) in [6.45, 7) is 4.44. The van der Waals surface area contributed by atoms with Gasteiger partial charge in [0.05, 0.1) is 11.0 Å². The number of nitrogens with zero attached hydrogens (tertiary/aromatic N) is 3. The van der Waals surface area contributed by atoms with Gasteiger partial charge in [0.1, 0.15) is 16.5 Å². The molecule has 1 saturated carbocycles. The molecule has 2 atom stereocenters. The van der Waals surface area contributed by atoms with Crippen LogP contribution in [0.2, 0.25) is 0 Å². The molecule has 2 aromatic carbocycles. The third kappa shape index (κ3) is 4.38. The summed E-state index contributed by atoms with van der Waals surface area (Å²) in [6, 6.07) is 12.0. The van der Waals surface area contributed by atoms with E-state index in [2.05, 4.69) is 33.8 Å². The molecule has 2 unspecified atom stereocenters. The van der Waals surface area contributed by atoms with E-state index in [0.717, 1.165) is 47.0 Å². The molecule has 3 saturated heterocycles. The van der Waals surface area contributed by atoms with Gasteiger partial charge in [0.2, 0.25) is 0 Å². The summed E-state index contributed by atoms with van der Waals surface area (Å²) < 4.78 is 38.1. The molecule has 4 aliphatic rings. The molecule has 0 radical (unpaired) electrons. The quantitative estimate of drug-likeness (QED) is 0.472. The number of H-pyrrole nitrogens is 1. The van der Waals surface area contributed by atoms with Gasteiger partial charge in [0, 0.05) is 36.0 Å². The van der Waals surface area contributed by atoms with E-state index >= 15 is 0 Å². The maximum Gasteiger partial charge on any atom is 0.178 e. The highest BCUT2D eigenvalue weighted by Crippen LogP contribution is 2.45. The van der Waals surface area contributed by atoms with Crippen LogP contribution in [0, 0.1) is 12.7 Å². The van der Waals surface area contributed by atoms with Gasteiger partial charge in [-0.3, -0.25) is 4.90 Å². The summed E-state index contributed by atoms with van der Waals surface area (Å²) >= 11 is 0. The number of piperidine rings is 2. The third-order valence-corrected chi connectivity index (χ3v) is 10.8. The summed E-state index contributed by atoms with van der Waals surface area (Å²) in [4.78, 5) is 13.5. The van der Waals surface area contributed by atoms with E-state index in [1.165, 1.54) is 82.2 Å². The van der Waals surface area contributed by atoms with E-state index in [1.807, 2.05) is 0 Å². The molecule has 38 heavy (non-hydrogen) atoms. The Morgan fingerprint density at radius 2 is 1.61 bits per heavy atom. The highest BCUT2D eigenvalue weighted by atomic mass is 32.2. The minimum Gasteiger partial charge on any atom is -0.338 e. The van der Waals surface area contributed by atoms with Crippen LogP contribution in [0.15, 0.2) is 35.2 Å². The number of fused-ring (bicyclic) bond motifs is 3. The number of aryl methyl sites for hydroxylation is 1. The second-order valence-electron chi connectivity index (χ2n) is 12.2. The van der Waals surface area contributed by atoms with Crippen molar-refractivity contribution < 1.29 is 12.8 Å². The molecule has 1 N–H and O–H groups in total. The third-order valence-electron chi connectivity index (χ3n) is 9.65. The second-order valence-corrected chi connectivity index (χ2v) is 14.2. The van der Waals surface area contributed by atoms with Crippen molar-refractivity contribution in [1.82, 2.24) is 19.8 Å². The Balaban J connectivity index is 1.06. The molecule has 3 aliphatic heterocycles. The summed E-state index contributed by atoms with van der Waals surface area (Å²) in [5, 5.41) is 0. The number of hydrogen-bond acceptors (Lipinski definition) is 5. The van der Waals surface area contributed by atoms with Gasteiger partial charge >= 0.3 is 0 Å². The Bertz CT molecular complexity index is 1480. The van der Waals surface area contributed by atoms with Crippen molar-refractivity contribution in [3.63, 3.8) is 0 Å². The predicted molar refractivity (Wildman–Crippen MR) is 148 cm³/mol. The van der Waals surface area contributed by atoms with E-state index < -0.39 is 15.7 Å². The number of nitrogens with one attached hydrogen (secondary N) is 1. The van der Waals surface area contributed by atoms with Crippen molar-refractivity contribution in [3.05, 3.63) is 47.3 Å². The van der Waals surface area contributed by atoms with Crippen molar-refractivity contribution in [2.75, 3.05) is 19.3 Å². The number of aromatic nitrogens is 2. The second kappa shape index (κ2) is 9.14. The lowest BCUT2D eigenvalue weighted by molar-refractivity contribution is 0.0418. The smallest absolute Gasteiger partial charge is 0.178 e. The summed E-state index contributed by atoms with van der Waals surface area (Å²) in [5.74, 6) is 0.345. The van der Waals surface area contributed by atoms with Crippen LogP contribution in [0.3, 0.4) is 0 Å². The number of hydrogen-bond donors (Lipinski definition) is 1. The molecule has 1 aromatic heterocycles. The Labute approximate surface area is 224 Å². The van der Waals surface area contributed by atoms with Crippen molar-refractivity contribution in [2.45, 2.75) is 93.3 Å². The first-order chi connectivity index (χ1) is 18.2. The van der Waals surface area contributed by atoms with Gasteiger partial charge in [-0.1, -0.05) is 6.07 Å². The van der Waals surface area contributed by atoms with Gasteiger partial charge < -0.3 is 9.88 Å². The van der Waals surface area contributed by atoms with Crippen molar-refractivity contribution in [1.29, 1.82) is 0 Å². The number of aromatic amines is 1. The van der Waals surface area contributed by atoms with E-state index in [9.17, 15) is 12.8 Å². The lowest BCUT2D eigenvalue weighted by Gasteiger charge is -2.45. The van der Waals surface area contributed by atoms with Crippen LogP contribution in [0.4, 0.5) is 4.39 Å². The minimum atomic E-state index is -3.61. The first-order valence-corrected chi connectivity index (χ1v) is 16.2. The number of halogens is 1. The Hall–Kier alpha value is -2.29. The van der Waals surface area contributed by atoms with Gasteiger partial charge in [-0.05, 0) is 113 Å². The SMILES string of the molecule is Cc1cc(C2CCN(C3CC4CCC(C3)N4C3CC3)CC2)cc2[nH]c(-c3ccc(S(C)(=O)=O)c(F)c3)nc12. The van der Waals surface area contributed by atoms with Crippen LogP contribution >= 0.6 is 0 Å². The topological polar surface area (TPSA) is 69.3 Å². The molecular formula is C30H37FN4O2S. The molecule has 0 amide bonds. The fourth-order valence-electron chi connectivity index (χ4n) is 7.69. The first kappa shape index (κ1) is 24.7. The molecule has 7 rings (SSSR count). The van der Waals surface area contributed by atoms with Crippen LogP contribution in [-0.2, 0) is 9.84 Å². The average molecular weight is 537 g/mol. The van der Waals surface area contributed by atoms with E-state index in [1.54, 1.807) is 6.07 Å². The molecule has 0 spiro atoms. The molecule has 202 valence electrons. The molecule has 3 aromatic rings. The standard InChI is InChI=1S/C30H37FN4O2S/c1-18-13-21(15-27-29(18)33-30(32-27)20-3-8-28(26(31)14-20)38(2,36)37)19-9-11-34(12-10-19)25-16-23-6-7-24(17-25)35(23)22-4-5-22/h3,8,13-15,19,22-25H,4-7,9-12,16-17H2,1-2H3,(H,32,33). The zero-order valence-corrected chi connectivity index (χ0v) is 23.1. The van der Waals surface area contributed by atoms with Crippen LogP contribution in [0.5, 0.6) is 0 Å². The van der Waals surface area contributed by atoms with Crippen LogP contribution in [-0.4, -0.2) is 71.7 Å². The van der Waals surface area contributed by atoms with Crippen molar-refractivity contribution >= 4 is 20.9 Å². The fraction of sp³-hybridized carbons (Fsp3) is 0.567. The highest BCUT2D eigenvalue weighted by Gasteiger charge is 2.48. The largest absolute Gasteiger partial charge is 0.338 e. The monoisotopic (exact) mass is 536 g/mol. The lowest BCUT2D eigenvalue weighted by atomic mass is 9.86. The molecule has 1 aliphatic carbocycles. The van der Waals surface area contributed by atoms with Gasteiger partial charge in [0.15, 0.2) is 9.84 Å². The van der Waals surface area contributed by atoms with E-state index in [-0.39, 0.29) is 4.90 Å². The Morgan fingerprint density at radius 1 is 0.921 bits per heavy atom. The predicted octanol–water partition coefficient (Wildman–Crippen LogP) is 5.42. The Morgan fingerprint density at radius 3 is 2.24 bits per heavy atom. The van der Waals surface area contributed by atoms with E-state index in [4.69, 9.17) is 4.98 Å². The van der Waals surface area contributed by atoms with Gasteiger partial charge in [0.25, 0.3) is 0 Å². The number of rotatable bonds is 5. The van der Waals surface area contributed by atoms with Crippen LogP contribution in [0.1, 0.15) is 68.4 Å². The fourth-order valence-corrected chi connectivity index (χ4v) is 8.42. The number of likely N-dealkylation sites (tertiary alicyclic amines) is 1. The number of benzene rings is 2. The number of sulfone groups is 1. The lowest BCUT2D eigenvalue weighted by Crippen LogP contribution is -2.52. The molecule has 8 heteroatoms. The zero-order valence-electron chi connectivity index (χ0n) is 22.3. The maximum absolute atomic E-state index is 14.5.